The fourth-order valence-electron chi connectivity index (χ4n) is 2.64. The standard InChI is InChI=1S/C15H15FN8/c1-22-6-11(4-20-22)14-15-13(8-23(17)9-19-15)24(21-14)7-10-2-3-18-5-12(10)16/h2-6,8-9,21H,7,17H2,1H3. The van der Waals surface area contributed by atoms with Gasteiger partial charge in [0.15, 0.2) is 0 Å². The van der Waals surface area contributed by atoms with Gasteiger partial charge in [-0.3, -0.25) is 25.1 Å². The topological polar surface area (TPSA) is 87.6 Å². The maximum Gasteiger partial charge on any atom is 0.146 e. The zero-order valence-electron chi connectivity index (χ0n) is 12.9. The lowest BCUT2D eigenvalue weighted by molar-refractivity contribution is 0.297. The molecule has 0 spiro atoms. The molecule has 0 radical (unpaired) electrons. The Morgan fingerprint density at radius 2 is 2.21 bits per heavy atom. The Balaban J connectivity index is 1.70. The predicted molar refractivity (Wildman–Crippen MR) is 85.6 cm³/mol. The summed E-state index contributed by atoms with van der Waals surface area (Å²) in [5.74, 6) is 5.43. The molecule has 2 aliphatic rings. The molecule has 0 amide bonds. The summed E-state index contributed by atoms with van der Waals surface area (Å²) in [6.45, 7) is 0.302. The molecular formula is C15H15FN8. The molecule has 0 atom stereocenters. The summed E-state index contributed by atoms with van der Waals surface area (Å²) < 4.78 is 15.6. The first-order valence-corrected chi connectivity index (χ1v) is 7.27. The van der Waals surface area contributed by atoms with Crippen LogP contribution in [-0.2, 0) is 13.6 Å². The van der Waals surface area contributed by atoms with Crippen LogP contribution in [0.4, 0.5) is 4.39 Å². The Morgan fingerprint density at radius 1 is 1.33 bits per heavy atom. The van der Waals surface area contributed by atoms with E-state index >= 15 is 0 Å². The van der Waals surface area contributed by atoms with Crippen LogP contribution >= 0.6 is 0 Å². The third-order valence-electron chi connectivity index (χ3n) is 3.79. The number of fused-ring (bicyclic) bond motifs is 1. The van der Waals surface area contributed by atoms with Gasteiger partial charge in [0.25, 0.3) is 0 Å². The molecule has 0 bridgehead atoms. The van der Waals surface area contributed by atoms with Gasteiger partial charge in [0.05, 0.1) is 24.6 Å². The van der Waals surface area contributed by atoms with Gasteiger partial charge < -0.3 is 0 Å². The summed E-state index contributed by atoms with van der Waals surface area (Å²) >= 11 is 0. The van der Waals surface area contributed by atoms with Crippen molar-refractivity contribution in [3.05, 3.63) is 65.4 Å². The second-order valence-electron chi connectivity index (χ2n) is 5.50. The average Bonchev–Trinajstić information content (AvgIpc) is 3.13. The highest BCUT2D eigenvalue weighted by molar-refractivity contribution is 5.77. The highest BCUT2D eigenvalue weighted by atomic mass is 19.1. The predicted octanol–water partition coefficient (Wildman–Crippen LogP) is 0.702. The normalized spacial score (nSPS) is 16.4. The second kappa shape index (κ2) is 5.46. The molecule has 0 unspecified atom stereocenters. The van der Waals surface area contributed by atoms with Crippen molar-refractivity contribution in [2.45, 2.75) is 6.54 Å². The first-order valence-electron chi connectivity index (χ1n) is 7.27. The number of nitrogens with zero attached hydrogens (tertiary/aromatic N) is 6. The Labute approximate surface area is 137 Å². The van der Waals surface area contributed by atoms with Crippen LogP contribution in [-0.4, -0.2) is 31.1 Å². The molecule has 122 valence electrons. The molecular weight excluding hydrogens is 311 g/mol. The number of rotatable bonds is 3. The number of aromatic nitrogens is 3. The SMILES string of the molecule is Cn1cc(C2=C3N=CN(N)C=C3N(Cc3ccncc3F)N2)cn1. The molecule has 3 N–H and O–H groups in total. The number of hydrogen-bond acceptors (Lipinski definition) is 7. The van der Waals surface area contributed by atoms with Gasteiger partial charge >= 0.3 is 0 Å². The number of halogens is 1. The summed E-state index contributed by atoms with van der Waals surface area (Å²) in [4.78, 5) is 8.17. The van der Waals surface area contributed by atoms with Gasteiger partial charge in [-0.1, -0.05) is 0 Å². The van der Waals surface area contributed by atoms with Crippen LogP contribution in [0.3, 0.4) is 0 Å². The van der Waals surface area contributed by atoms with Gasteiger partial charge in [-0.2, -0.15) is 5.10 Å². The molecule has 0 fully saturated rings. The Bertz CT molecular complexity index is 881. The molecule has 0 aromatic carbocycles. The maximum absolute atomic E-state index is 13.9. The summed E-state index contributed by atoms with van der Waals surface area (Å²) in [7, 11) is 1.84. The second-order valence-corrected chi connectivity index (χ2v) is 5.50. The van der Waals surface area contributed by atoms with Crippen LogP contribution in [0.2, 0.25) is 0 Å². The van der Waals surface area contributed by atoms with Crippen LogP contribution in [0.5, 0.6) is 0 Å². The Kier molecular flexibility index (Phi) is 3.28. The van der Waals surface area contributed by atoms with Crippen molar-refractivity contribution in [2.24, 2.45) is 17.9 Å². The number of aliphatic imine (C=N–C) groups is 1. The molecule has 0 saturated carbocycles. The van der Waals surface area contributed by atoms with Crippen LogP contribution < -0.4 is 11.3 Å². The van der Waals surface area contributed by atoms with Gasteiger partial charge in [-0.15, -0.1) is 0 Å². The molecule has 9 heteroatoms. The average molecular weight is 326 g/mol. The van der Waals surface area contributed by atoms with Crippen LogP contribution in [0, 0.1) is 5.82 Å². The van der Waals surface area contributed by atoms with Crippen molar-refractivity contribution < 1.29 is 4.39 Å². The minimum Gasteiger partial charge on any atom is -0.295 e. The lowest BCUT2D eigenvalue weighted by Crippen LogP contribution is -2.33. The first-order chi connectivity index (χ1) is 11.6. The van der Waals surface area contributed by atoms with E-state index in [4.69, 9.17) is 5.84 Å². The van der Waals surface area contributed by atoms with E-state index in [1.165, 1.54) is 17.5 Å². The first kappa shape index (κ1) is 14.4. The molecule has 0 saturated heterocycles. The number of pyridine rings is 1. The van der Waals surface area contributed by atoms with Gasteiger partial charge in [0.1, 0.15) is 23.5 Å². The van der Waals surface area contributed by atoms with E-state index in [0.29, 0.717) is 12.1 Å². The fraction of sp³-hybridized carbons (Fsp3) is 0.133. The monoisotopic (exact) mass is 326 g/mol. The van der Waals surface area contributed by atoms with E-state index < -0.39 is 0 Å². The van der Waals surface area contributed by atoms with Crippen molar-refractivity contribution >= 4 is 12.0 Å². The number of nitrogens with two attached hydrogens (primary N) is 1. The smallest absolute Gasteiger partial charge is 0.146 e. The third kappa shape index (κ3) is 2.40. The summed E-state index contributed by atoms with van der Waals surface area (Å²) in [6, 6.07) is 1.64. The van der Waals surface area contributed by atoms with Gasteiger partial charge in [-0.05, 0) is 6.07 Å². The van der Waals surface area contributed by atoms with Gasteiger partial charge in [0, 0.05) is 36.8 Å². The van der Waals surface area contributed by atoms with E-state index in [1.807, 2.05) is 13.2 Å². The van der Waals surface area contributed by atoms with E-state index in [2.05, 4.69) is 20.5 Å². The number of nitrogens with one attached hydrogen (secondary N) is 1. The summed E-state index contributed by atoms with van der Waals surface area (Å²) in [5.41, 5.74) is 6.97. The Morgan fingerprint density at radius 3 is 2.96 bits per heavy atom. The molecule has 4 heterocycles. The molecule has 8 nitrogen and oxygen atoms in total. The zero-order valence-corrected chi connectivity index (χ0v) is 12.9. The van der Waals surface area contributed by atoms with E-state index in [-0.39, 0.29) is 5.82 Å². The third-order valence-corrected chi connectivity index (χ3v) is 3.79. The van der Waals surface area contributed by atoms with Gasteiger partial charge in [0.2, 0.25) is 0 Å². The van der Waals surface area contributed by atoms with Crippen molar-refractivity contribution in [3.63, 3.8) is 0 Å². The molecule has 2 aliphatic heterocycles. The largest absolute Gasteiger partial charge is 0.295 e. The molecule has 24 heavy (non-hydrogen) atoms. The lowest BCUT2D eigenvalue weighted by Gasteiger charge is -2.24. The minimum atomic E-state index is -0.361. The molecule has 2 aromatic rings. The van der Waals surface area contributed by atoms with Gasteiger partial charge in [-0.25, -0.2) is 15.2 Å². The van der Waals surface area contributed by atoms with E-state index in [0.717, 1.165) is 22.7 Å². The van der Waals surface area contributed by atoms with Crippen molar-refractivity contribution in [2.75, 3.05) is 0 Å². The highest BCUT2D eigenvalue weighted by Gasteiger charge is 2.30. The van der Waals surface area contributed by atoms with E-state index in [1.54, 1.807) is 34.4 Å². The summed E-state index contributed by atoms with van der Waals surface area (Å²) in [5, 5.41) is 7.35. The van der Waals surface area contributed by atoms with Crippen LogP contribution in [0.25, 0.3) is 5.70 Å². The van der Waals surface area contributed by atoms with E-state index in [9.17, 15) is 4.39 Å². The summed E-state index contributed by atoms with van der Waals surface area (Å²) in [6.07, 6.45) is 9.64. The van der Waals surface area contributed by atoms with Crippen molar-refractivity contribution in [1.82, 2.24) is 30.2 Å². The van der Waals surface area contributed by atoms with Crippen LogP contribution in [0.1, 0.15) is 11.1 Å². The van der Waals surface area contributed by atoms with Crippen molar-refractivity contribution in [3.8, 4) is 0 Å². The highest BCUT2D eigenvalue weighted by Crippen LogP contribution is 2.33. The molecule has 2 aromatic heterocycles. The maximum atomic E-state index is 13.9. The Hall–Kier alpha value is -3.20. The number of hydrazine groups is 2. The zero-order chi connectivity index (χ0) is 16.7. The number of aryl methyl sites for hydroxylation is 1. The van der Waals surface area contributed by atoms with Crippen molar-refractivity contribution in [1.29, 1.82) is 0 Å². The fourth-order valence-corrected chi connectivity index (χ4v) is 2.64. The molecule has 0 aliphatic carbocycles. The lowest BCUT2D eigenvalue weighted by atomic mass is 10.2. The number of hydrogen-bond donors (Lipinski definition) is 2. The minimum absolute atomic E-state index is 0.302. The van der Waals surface area contributed by atoms with Crippen LogP contribution in [0.15, 0.2) is 53.4 Å². The quantitative estimate of drug-likeness (QED) is 0.808. The molecule has 4 rings (SSSR count).